The highest BCUT2D eigenvalue weighted by atomic mass is 32.1. The van der Waals surface area contributed by atoms with Gasteiger partial charge in [-0.05, 0) is 0 Å². The third-order valence-corrected chi connectivity index (χ3v) is 3.19. The summed E-state index contributed by atoms with van der Waals surface area (Å²) in [6.07, 6.45) is 1.24. The average Bonchev–Trinajstić information content (AvgIpc) is 2.65. The van der Waals surface area contributed by atoms with E-state index in [4.69, 9.17) is 0 Å². The van der Waals surface area contributed by atoms with Gasteiger partial charge in [0.15, 0.2) is 5.78 Å². The summed E-state index contributed by atoms with van der Waals surface area (Å²) in [5, 5.41) is 0.0187. The van der Waals surface area contributed by atoms with Crippen LogP contribution >= 0.6 is 11.3 Å². The Hall–Kier alpha value is -1.69. The van der Waals surface area contributed by atoms with Crippen molar-refractivity contribution in [2.24, 2.45) is 0 Å². The van der Waals surface area contributed by atoms with E-state index in [1.807, 2.05) is 0 Å². The highest BCUT2D eigenvalue weighted by Crippen LogP contribution is 2.30. The van der Waals surface area contributed by atoms with Crippen LogP contribution in [-0.4, -0.2) is 10.8 Å². The largest absolute Gasteiger partial charge is 0.294 e. The molecule has 17 heavy (non-hydrogen) atoms. The zero-order valence-electron chi connectivity index (χ0n) is 8.63. The summed E-state index contributed by atoms with van der Waals surface area (Å²) in [4.78, 5) is 15.1. The van der Waals surface area contributed by atoms with Crippen LogP contribution in [0.15, 0.2) is 18.3 Å². The minimum absolute atomic E-state index is 0.0187. The number of nitrogens with zero attached hydrogens (tertiary/aromatic N) is 1. The number of hydrogen-bond donors (Lipinski definition) is 0. The minimum Gasteiger partial charge on any atom is -0.294 e. The van der Waals surface area contributed by atoms with Crippen molar-refractivity contribution in [1.82, 2.24) is 4.98 Å². The molecule has 6 heteroatoms. The lowest BCUT2D eigenvalue weighted by Crippen LogP contribution is -1.91. The Kier molecular flexibility index (Phi) is 2.97. The van der Waals surface area contributed by atoms with Gasteiger partial charge >= 0.3 is 0 Å². The zero-order valence-corrected chi connectivity index (χ0v) is 9.45. The smallest absolute Gasteiger partial charge is 0.171 e. The van der Waals surface area contributed by atoms with Crippen molar-refractivity contribution in [2.45, 2.75) is 6.92 Å². The third kappa shape index (κ3) is 2.21. The fourth-order valence-electron chi connectivity index (χ4n) is 1.30. The molecule has 1 aromatic heterocycles. The third-order valence-electron chi connectivity index (χ3n) is 2.07. The van der Waals surface area contributed by atoms with Crippen LogP contribution in [0.3, 0.4) is 0 Å². The average molecular weight is 257 g/mol. The number of halogens is 3. The summed E-state index contributed by atoms with van der Waals surface area (Å²) in [5.41, 5.74) is -0.413. The first-order valence-corrected chi connectivity index (χ1v) is 5.42. The van der Waals surface area contributed by atoms with Gasteiger partial charge in [-0.2, -0.15) is 0 Å². The lowest BCUT2D eigenvalue weighted by atomic mass is 10.2. The maximum absolute atomic E-state index is 13.4. The summed E-state index contributed by atoms with van der Waals surface area (Å²) < 4.78 is 39.5. The molecule has 1 heterocycles. The Labute approximate surface area is 98.7 Å². The van der Waals surface area contributed by atoms with E-state index in [-0.39, 0.29) is 10.8 Å². The molecular weight excluding hydrogens is 251 g/mol. The normalized spacial score (nSPS) is 10.6. The molecule has 88 valence electrons. The molecule has 2 aromatic rings. The number of rotatable bonds is 2. The highest BCUT2D eigenvalue weighted by Gasteiger charge is 2.17. The molecule has 0 atom stereocenters. The van der Waals surface area contributed by atoms with Crippen molar-refractivity contribution in [1.29, 1.82) is 0 Å². The molecule has 0 aliphatic heterocycles. The van der Waals surface area contributed by atoms with E-state index < -0.39 is 23.0 Å². The first-order valence-electron chi connectivity index (χ1n) is 4.60. The standard InChI is InChI=1S/C11H6F3NOS/c1-5(16)9-4-15-11(17-9)10-7(13)2-6(12)3-8(10)14/h2-4H,1H3. The van der Waals surface area contributed by atoms with Gasteiger partial charge in [-0.3, -0.25) is 4.79 Å². The molecule has 0 amide bonds. The summed E-state index contributed by atoms with van der Waals surface area (Å²) in [6, 6.07) is 1.15. The predicted molar refractivity (Wildman–Crippen MR) is 57.4 cm³/mol. The number of benzene rings is 1. The first-order chi connectivity index (χ1) is 7.99. The Balaban J connectivity index is 2.56. The van der Waals surface area contributed by atoms with Crippen LogP contribution in [0.25, 0.3) is 10.6 Å². The fourth-order valence-corrected chi connectivity index (χ4v) is 2.16. The lowest BCUT2D eigenvalue weighted by Gasteiger charge is -2.01. The molecule has 0 bridgehead atoms. The summed E-state index contributed by atoms with van der Waals surface area (Å²) >= 11 is 0.865. The quantitative estimate of drug-likeness (QED) is 0.771. The first kappa shape index (κ1) is 11.8. The van der Waals surface area contributed by atoms with Gasteiger partial charge in [-0.25, -0.2) is 18.2 Å². The number of Topliss-reactive ketones (excluding diaryl/α,β-unsaturated/α-hetero) is 1. The number of hydrogen-bond acceptors (Lipinski definition) is 3. The van der Waals surface area contributed by atoms with Crippen molar-refractivity contribution in [3.63, 3.8) is 0 Å². The van der Waals surface area contributed by atoms with Crippen LogP contribution in [0.1, 0.15) is 16.6 Å². The second-order valence-corrected chi connectivity index (χ2v) is 4.36. The van der Waals surface area contributed by atoms with Crippen LogP contribution in [0.5, 0.6) is 0 Å². The second-order valence-electron chi connectivity index (χ2n) is 3.33. The molecule has 2 rings (SSSR count). The maximum atomic E-state index is 13.4. The van der Waals surface area contributed by atoms with E-state index in [2.05, 4.69) is 4.98 Å². The fraction of sp³-hybridized carbons (Fsp3) is 0.0909. The molecule has 0 aliphatic carbocycles. The molecule has 1 aromatic carbocycles. The lowest BCUT2D eigenvalue weighted by molar-refractivity contribution is 0.102. The van der Waals surface area contributed by atoms with Crippen LogP contribution in [0.4, 0.5) is 13.2 Å². The van der Waals surface area contributed by atoms with Gasteiger partial charge in [0.05, 0.1) is 10.4 Å². The highest BCUT2D eigenvalue weighted by molar-refractivity contribution is 7.16. The Bertz CT molecular complexity index is 571. The van der Waals surface area contributed by atoms with Crippen molar-refractivity contribution < 1.29 is 18.0 Å². The van der Waals surface area contributed by atoms with Crippen LogP contribution in [0.2, 0.25) is 0 Å². The molecule has 2 nitrogen and oxygen atoms in total. The maximum Gasteiger partial charge on any atom is 0.171 e. The van der Waals surface area contributed by atoms with Gasteiger partial charge in [-0.15, -0.1) is 11.3 Å². The van der Waals surface area contributed by atoms with Crippen molar-refractivity contribution in [3.05, 3.63) is 40.7 Å². The van der Waals surface area contributed by atoms with Crippen LogP contribution in [-0.2, 0) is 0 Å². The van der Waals surface area contributed by atoms with E-state index in [0.29, 0.717) is 17.0 Å². The number of carbonyl (C=O) groups is 1. The summed E-state index contributed by atoms with van der Waals surface area (Å²) in [5.74, 6) is -3.30. The summed E-state index contributed by atoms with van der Waals surface area (Å²) in [7, 11) is 0. The molecule has 0 N–H and O–H groups in total. The Morgan fingerprint density at radius 1 is 1.24 bits per heavy atom. The molecule has 0 radical (unpaired) electrons. The molecule has 0 saturated heterocycles. The molecular formula is C11H6F3NOS. The van der Waals surface area contributed by atoms with Crippen molar-refractivity contribution in [2.75, 3.05) is 0 Å². The van der Waals surface area contributed by atoms with E-state index in [9.17, 15) is 18.0 Å². The second kappa shape index (κ2) is 4.29. The molecule has 0 fully saturated rings. The number of ketones is 1. The Morgan fingerprint density at radius 3 is 2.29 bits per heavy atom. The van der Waals surface area contributed by atoms with Gasteiger partial charge in [-0.1, -0.05) is 0 Å². The van der Waals surface area contributed by atoms with Crippen LogP contribution in [0, 0.1) is 17.5 Å². The molecule has 0 spiro atoms. The number of aromatic nitrogens is 1. The SMILES string of the molecule is CC(=O)c1cnc(-c2c(F)cc(F)cc2F)s1. The summed E-state index contributed by atoms with van der Waals surface area (Å²) in [6.45, 7) is 1.33. The van der Waals surface area contributed by atoms with Crippen molar-refractivity contribution in [3.8, 4) is 10.6 Å². The van der Waals surface area contributed by atoms with Gasteiger partial charge in [0.25, 0.3) is 0 Å². The van der Waals surface area contributed by atoms with Crippen LogP contribution < -0.4 is 0 Å². The monoisotopic (exact) mass is 257 g/mol. The van der Waals surface area contributed by atoms with Gasteiger partial charge in [0.1, 0.15) is 22.5 Å². The van der Waals surface area contributed by atoms with Gasteiger partial charge in [0.2, 0.25) is 0 Å². The minimum atomic E-state index is -1.04. The molecule has 0 saturated carbocycles. The number of carbonyl (C=O) groups excluding carboxylic acids is 1. The van der Waals surface area contributed by atoms with Gasteiger partial charge in [0, 0.05) is 25.3 Å². The van der Waals surface area contributed by atoms with Crippen molar-refractivity contribution >= 4 is 17.1 Å². The molecule has 0 unspecified atom stereocenters. The van der Waals surface area contributed by atoms with E-state index >= 15 is 0 Å². The van der Waals surface area contributed by atoms with E-state index in [1.165, 1.54) is 13.1 Å². The van der Waals surface area contributed by atoms with E-state index in [1.54, 1.807) is 0 Å². The topological polar surface area (TPSA) is 30.0 Å². The van der Waals surface area contributed by atoms with Gasteiger partial charge < -0.3 is 0 Å². The molecule has 0 aliphatic rings. The Morgan fingerprint density at radius 2 is 1.82 bits per heavy atom. The zero-order chi connectivity index (χ0) is 12.6. The van der Waals surface area contributed by atoms with E-state index in [0.717, 1.165) is 11.3 Å². The predicted octanol–water partition coefficient (Wildman–Crippen LogP) is 3.43. The number of thiazole rings is 1.